The molecular formula is C17H28O2S. The molecule has 1 aromatic carbocycles. The highest BCUT2D eigenvalue weighted by atomic mass is 32.2. The topological polar surface area (TPSA) is 40.5 Å². The lowest BCUT2D eigenvalue weighted by molar-refractivity contribution is 0.0461. The highest BCUT2D eigenvalue weighted by molar-refractivity contribution is 8.00. The zero-order valence-electron chi connectivity index (χ0n) is 13.0. The van der Waals surface area contributed by atoms with Crippen molar-refractivity contribution < 1.29 is 10.2 Å². The fourth-order valence-corrected chi connectivity index (χ4v) is 3.70. The lowest BCUT2D eigenvalue weighted by Crippen LogP contribution is -2.42. The minimum absolute atomic E-state index is 0.0216. The van der Waals surface area contributed by atoms with Crippen molar-refractivity contribution in [3.63, 3.8) is 0 Å². The van der Waals surface area contributed by atoms with Crippen LogP contribution >= 0.6 is 11.8 Å². The van der Waals surface area contributed by atoms with Crippen LogP contribution < -0.4 is 0 Å². The van der Waals surface area contributed by atoms with Crippen molar-refractivity contribution in [1.29, 1.82) is 0 Å². The third-order valence-corrected chi connectivity index (χ3v) is 5.18. The van der Waals surface area contributed by atoms with Crippen molar-refractivity contribution >= 4 is 11.8 Å². The summed E-state index contributed by atoms with van der Waals surface area (Å²) in [5.74, 6) is 0.505. The van der Waals surface area contributed by atoms with Crippen molar-refractivity contribution in [3.05, 3.63) is 30.3 Å². The number of aliphatic hydroxyl groups excluding tert-OH is 2. The first-order valence-corrected chi connectivity index (χ1v) is 8.23. The Morgan fingerprint density at radius 1 is 1.15 bits per heavy atom. The van der Waals surface area contributed by atoms with Crippen LogP contribution in [0.15, 0.2) is 35.2 Å². The van der Waals surface area contributed by atoms with Gasteiger partial charge < -0.3 is 10.2 Å². The predicted molar refractivity (Wildman–Crippen MR) is 87.0 cm³/mol. The fraction of sp³-hybridized carbons (Fsp3) is 0.647. The summed E-state index contributed by atoms with van der Waals surface area (Å²) < 4.78 is -0.270. The lowest BCUT2D eigenvalue weighted by atomic mass is 9.87. The summed E-state index contributed by atoms with van der Waals surface area (Å²) in [6, 6.07) is 10.2. The molecule has 0 bridgehead atoms. The Morgan fingerprint density at radius 3 is 2.25 bits per heavy atom. The second kappa shape index (κ2) is 8.06. The number of hydrogen-bond acceptors (Lipinski definition) is 3. The van der Waals surface area contributed by atoms with Gasteiger partial charge in [-0.05, 0) is 37.8 Å². The molecule has 0 aromatic heterocycles. The number of rotatable bonds is 8. The van der Waals surface area contributed by atoms with Crippen LogP contribution in [0.25, 0.3) is 0 Å². The van der Waals surface area contributed by atoms with Gasteiger partial charge in [-0.1, -0.05) is 39.0 Å². The summed E-state index contributed by atoms with van der Waals surface area (Å²) in [4.78, 5) is 1.17. The molecular weight excluding hydrogens is 268 g/mol. The zero-order valence-corrected chi connectivity index (χ0v) is 13.9. The molecule has 0 spiro atoms. The second-order valence-electron chi connectivity index (χ2n) is 6.26. The van der Waals surface area contributed by atoms with Gasteiger partial charge in [0.05, 0.1) is 6.10 Å². The standard InChI is InChI=1S/C17H28O2S/c1-13(2)10-11-17(4,16(19)14(3)12-18)20-15-8-6-5-7-9-15/h5-9,13-14,16,18-19H,10-12H2,1-4H3/t14-,16-,17-/m1/s1. The van der Waals surface area contributed by atoms with E-state index in [9.17, 15) is 10.2 Å². The fourth-order valence-electron chi connectivity index (χ4n) is 2.29. The summed E-state index contributed by atoms with van der Waals surface area (Å²) in [6.07, 6.45) is 1.50. The molecule has 0 fully saturated rings. The van der Waals surface area contributed by atoms with Crippen LogP contribution in [0.5, 0.6) is 0 Å². The Morgan fingerprint density at radius 2 is 1.75 bits per heavy atom. The molecule has 0 heterocycles. The summed E-state index contributed by atoms with van der Waals surface area (Å²) in [6.45, 7) is 8.45. The Kier molecular flexibility index (Phi) is 7.07. The maximum absolute atomic E-state index is 10.6. The number of benzene rings is 1. The van der Waals surface area contributed by atoms with Gasteiger partial charge in [-0.3, -0.25) is 0 Å². The van der Waals surface area contributed by atoms with Gasteiger partial charge in [-0.2, -0.15) is 0 Å². The van der Waals surface area contributed by atoms with E-state index in [1.807, 2.05) is 25.1 Å². The minimum Gasteiger partial charge on any atom is -0.396 e. The number of hydrogen-bond donors (Lipinski definition) is 2. The van der Waals surface area contributed by atoms with Crippen molar-refractivity contribution in [3.8, 4) is 0 Å². The molecule has 1 aromatic rings. The highest BCUT2D eigenvalue weighted by Crippen LogP contribution is 2.41. The molecule has 0 saturated carbocycles. The number of aliphatic hydroxyl groups is 2. The van der Waals surface area contributed by atoms with E-state index in [1.54, 1.807) is 11.8 Å². The molecule has 1 rings (SSSR count). The Hall–Kier alpha value is -0.510. The van der Waals surface area contributed by atoms with Gasteiger partial charge in [-0.15, -0.1) is 11.8 Å². The summed E-state index contributed by atoms with van der Waals surface area (Å²) in [7, 11) is 0. The van der Waals surface area contributed by atoms with Crippen LogP contribution in [-0.2, 0) is 0 Å². The largest absolute Gasteiger partial charge is 0.396 e. The van der Waals surface area contributed by atoms with Gasteiger partial charge in [0.15, 0.2) is 0 Å². The van der Waals surface area contributed by atoms with E-state index in [2.05, 4.69) is 32.9 Å². The average molecular weight is 296 g/mol. The summed E-state index contributed by atoms with van der Waals surface area (Å²) in [5, 5.41) is 20.0. The summed E-state index contributed by atoms with van der Waals surface area (Å²) >= 11 is 1.72. The lowest BCUT2D eigenvalue weighted by Gasteiger charge is -2.37. The van der Waals surface area contributed by atoms with Crippen LogP contribution in [0.2, 0.25) is 0 Å². The van der Waals surface area contributed by atoms with Crippen molar-refractivity contribution in [2.24, 2.45) is 11.8 Å². The van der Waals surface area contributed by atoms with Gasteiger partial charge in [0.2, 0.25) is 0 Å². The second-order valence-corrected chi connectivity index (χ2v) is 7.87. The van der Waals surface area contributed by atoms with Gasteiger partial charge >= 0.3 is 0 Å². The first kappa shape index (κ1) is 17.5. The van der Waals surface area contributed by atoms with E-state index < -0.39 is 6.10 Å². The highest BCUT2D eigenvalue weighted by Gasteiger charge is 2.37. The third-order valence-electron chi connectivity index (χ3n) is 3.76. The predicted octanol–water partition coefficient (Wildman–Crippen LogP) is 3.96. The van der Waals surface area contributed by atoms with Crippen LogP contribution in [-0.4, -0.2) is 27.7 Å². The Labute approximate surface area is 127 Å². The molecule has 0 aliphatic rings. The SMILES string of the molecule is CC(C)CC[C@@](C)(Sc1ccccc1)[C@H](O)[C@H](C)CO. The average Bonchev–Trinajstić information content (AvgIpc) is 2.44. The molecule has 0 aliphatic heterocycles. The van der Waals surface area contributed by atoms with Crippen LogP contribution in [0.3, 0.4) is 0 Å². The van der Waals surface area contributed by atoms with E-state index in [4.69, 9.17) is 0 Å². The van der Waals surface area contributed by atoms with Crippen molar-refractivity contribution in [2.45, 2.75) is 56.3 Å². The first-order chi connectivity index (χ1) is 9.39. The van der Waals surface area contributed by atoms with Gasteiger partial charge in [-0.25, -0.2) is 0 Å². The molecule has 0 aliphatic carbocycles. The maximum Gasteiger partial charge on any atom is 0.0734 e. The smallest absolute Gasteiger partial charge is 0.0734 e. The maximum atomic E-state index is 10.6. The third kappa shape index (κ3) is 5.12. The summed E-state index contributed by atoms with van der Waals surface area (Å²) in [5.41, 5.74) is 0. The van der Waals surface area contributed by atoms with Crippen LogP contribution in [0, 0.1) is 11.8 Å². The molecule has 0 amide bonds. The normalized spacial score (nSPS) is 17.8. The van der Waals surface area contributed by atoms with Gasteiger partial charge in [0, 0.05) is 22.2 Å². The van der Waals surface area contributed by atoms with Crippen molar-refractivity contribution in [1.82, 2.24) is 0 Å². The molecule has 0 unspecified atom stereocenters. The first-order valence-electron chi connectivity index (χ1n) is 7.42. The van der Waals surface area contributed by atoms with Gasteiger partial charge in [0.25, 0.3) is 0 Å². The molecule has 114 valence electrons. The van der Waals surface area contributed by atoms with E-state index in [0.717, 1.165) is 12.8 Å². The van der Waals surface area contributed by atoms with E-state index in [-0.39, 0.29) is 17.3 Å². The van der Waals surface area contributed by atoms with Gasteiger partial charge in [0.1, 0.15) is 0 Å². The Bertz CT molecular complexity index is 380. The molecule has 0 radical (unpaired) electrons. The molecule has 3 atom stereocenters. The Balaban J connectivity index is 2.88. The van der Waals surface area contributed by atoms with E-state index in [1.165, 1.54) is 4.90 Å². The number of thioether (sulfide) groups is 1. The molecule has 2 nitrogen and oxygen atoms in total. The molecule has 0 saturated heterocycles. The van der Waals surface area contributed by atoms with Crippen LogP contribution in [0.4, 0.5) is 0 Å². The molecule has 20 heavy (non-hydrogen) atoms. The van der Waals surface area contributed by atoms with Crippen molar-refractivity contribution in [2.75, 3.05) is 6.61 Å². The van der Waals surface area contributed by atoms with E-state index >= 15 is 0 Å². The minimum atomic E-state index is -0.517. The van der Waals surface area contributed by atoms with Crippen LogP contribution in [0.1, 0.15) is 40.5 Å². The monoisotopic (exact) mass is 296 g/mol. The molecule has 3 heteroatoms. The quantitative estimate of drug-likeness (QED) is 0.713. The zero-order chi connectivity index (χ0) is 15.2. The molecule has 2 N–H and O–H groups in total. The van der Waals surface area contributed by atoms with E-state index in [0.29, 0.717) is 5.92 Å².